The number of ether oxygens (including phenoxy) is 1. The lowest BCUT2D eigenvalue weighted by atomic mass is 10.2. The fourth-order valence-electron chi connectivity index (χ4n) is 1.97. The molecule has 0 bridgehead atoms. The highest BCUT2D eigenvalue weighted by Crippen LogP contribution is 2.18. The second-order valence-corrected chi connectivity index (χ2v) is 6.46. The summed E-state index contributed by atoms with van der Waals surface area (Å²) in [5.41, 5.74) is 1.53. The lowest BCUT2D eigenvalue weighted by Gasteiger charge is -2.07. The van der Waals surface area contributed by atoms with Gasteiger partial charge in [0.2, 0.25) is 5.91 Å². The summed E-state index contributed by atoms with van der Waals surface area (Å²) in [6.45, 7) is 0.242. The summed E-state index contributed by atoms with van der Waals surface area (Å²) in [6.07, 6.45) is 1.58. The van der Waals surface area contributed by atoms with Crippen LogP contribution in [0.4, 0.5) is 4.39 Å². The molecule has 1 N–H and O–H groups in total. The molecule has 1 amide bonds. The van der Waals surface area contributed by atoms with E-state index in [1.807, 2.05) is 12.1 Å². The van der Waals surface area contributed by atoms with Gasteiger partial charge in [0.05, 0.1) is 17.0 Å². The largest absolute Gasteiger partial charge is 0.489 e. The zero-order chi connectivity index (χ0) is 17.6. The molecule has 128 valence electrons. The second kappa shape index (κ2) is 8.13. The van der Waals surface area contributed by atoms with Crippen LogP contribution in [0.2, 0.25) is 5.02 Å². The molecule has 0 aromatic heterocycles. The fourth-order valence-corrected chi connectivity index (χ4v) is 2.72. The number of hydrogen-bond donors (Lipinski definition) is 1. The Balaban J connectivity index is 1.55. The monoisotopic (exact) mass is 377 g/mol. The van der Waals surface area contributed by atoms with Crippen LogP contribution in [0.3, 0.4) is 0 Å². The maximum absolute atomic E-state index is 13.4. The van der Waals surface area contributed by atoms with Crippen molar-refractivity contribution in [3.05, 3.63) is 64.4 Å². The number of amides is 1. The van der Waals surface area contributed by atoms with Crippen LogP contribution in [0.25, 0.3) is 0 Å². The molecule has 0 unspecified atom stereocenters. The number of amidine groups is 1. The number of rotatable bonds is 5. The van der Waals surface area contributed by atoms with Crippen LogP contribution in [0, 0.1) is 5.82 Å². The van der Waals surface area contributed by atoms with Crippen LogP contribution in [0.1, 0.15) is 11.1 Å². The van der Waals surface area contributed by atoms with Crippen molar-refractivity contribution in [1.29, 1.82) is 0 Å². The summed E-state index contributed by atoms with van der Waals surface area (Å²) >= 11 is 6.96. The molecule has 1 heterocycles. The van der Waals surface area contributed by atoms with Crippen LogP contribution in [-0.4, -0.2) is 23.0 Å². The smallest absolute Gasteiger partial charge is 0.236 e. The number of carbonyl (C=O) groups excluding carboxylic acids is 1. The number of carbonyl (C=O) groups is 1. The first-order valence-corrected chi connectivity index (χ1v) is 8.67. The van der Waals surface area contributed by atoms with Crippen LogP contribution >= 0.6 is 23.4 Å². The maximum atomic E-state index is 13.4. The van der Waals surface area contributed by atoms with E-state index in [1.165, 1.54) is 23.9 Å². The number of nitrogens with zero attached hydrogens (tertiary/aromatic N) is 2. The number of hydrogen-bond acceptors (Lipinski definition) is 5. The molecule has 1 fully saturated rings. The number of thioether (sulfide) groups is 1. The quantitative estimate of drug-likeness (QED) is 0.639. The minimum absolute atomic E-state index is 0.0685. The van der Waals surface area contributed by atoms with Gasteiger partial charge in [0.1, 0.15) is 18.2 Å². The summed E-state index contributed by atoms with van der Waals surface area (Å²) in [4.78, 5) is 11.0. The first-order valence-electron chi connectivity index (χ1n) is 7.30. The fraction of sp³-hybridized carbons (Fsp3) is 0.118. The van der Waals surface area contributed by atoms with Gasteiger partial charge >= 0.3 is 0 Å². The topological polar surface area (TPSA) is 63.0 Å². The van der Waals surface area contributed by atoms with Crippen LogP contribution in [0.15, 0.2) is 52.7 Å². The van der Waals surface area contributed by atoms with E-state index < -0.39 is 5.82 Å². The highest BCUT2D eigenvalue weighted by Gasteiger charge is 2.15. The van der Waals surface area contributed by atoms with E-state index in [0.29, 0.717) is 22.2 Å². The number of nitrogens with one attached hydrogen (secondary N) is 1. The first-order chi connectivity index (χ1) is 12.1. The zero-order valence-electron chi connectivity index (χ0n) is 12.9. The van der Waals surface area contributed by atoms with E-state index in [9.17, 15) is 9.18 Å². The van der Waals surface area contributed by atoms with Gasteiger partial charge in [0.25, 0.3) is 0 Å². The van der Waals surface area contributed by atoms with E-state index in [2.05, 4.69) is 15.5 Å². The van der Waals surface area contributed by atoms with E-state index in [4.69, 9.17) is 16.3 Å². The second-order valence-electron chi connectivity index (χ2n) is 5.09. The predicted molar refractivity (Wildman–Crippen MR) is 97.8 cm³/mol. The minimum Gasteiger partial charge on any atom is -0.489 e. The van der Waals surface area contributed by atoms with Crippen LogP contribution in [-0.2, 0) is 11.4 Å². The summed E-state index contributed by atoms with van der Waals surface area (Å²) in [5, 5.41) is 11.0. The molecule has 3 rings (SSSR count). The molecule has 1 aliphatic heterocycles. The molecule has 0 spiro atoms. The van der Waals surface area contributed by atoms with Crippen LogP contribution in [0.5, 0.6) is 5.75 Å². The molecule has 5 nitrogen and oxygen atoms in total. The third-order valence-electron chi connectivity index (χ3n) is 3.21. The maximum Gasteiger partial charge on any atom is 0.236 e. The van der Waals surface area contributed by atoms with Crippen molar-refractivity contribution in [2.24, 2.45) is 10.2 Å². The van der Waals surface area contributed by atoms with Gasteiger partial charge in [-0.25, -0.2) is 4.39 Å². The Hall–Kier alpha value is -2.38. The van der Waals surface area contributed by atoms with E-state index in [1.54, 1.807) is 24.4 Å². The lowest BCUT2D eigenvalue weighted by molar-refractivity contribution is -0.116. The van der Waals surface area contributed by atoms with Gasteiger partial charge < -0.3 is 10.1 Å². The van der Waals surface area contributed by atoms with Crippen molar-refractivity contribution in [3.8, 4) is 5.75 Å². The molecule has 0 aliphatic carbocycles. The molecule has 25 heavy (non-hydrogen) atoms. The molecule has 1 aliphatic rings. The minimum atomic E-state index is -0.465. The summed E-state index contributed by atoms with van der Waals surface area (Å²) in [7, 11) is 0. The standard InChI is InChI=1S/C17H13ClFN3O2S/c18-14-6-3-12(7-15(14)19)9-24-13-4-1-11(2-5-13)8-20-22-17-21-16(23)10-25-17/h1-8H,9-10H2,(H,21,22,23). The third kappa shape index (κ3) is 5.04. The Morgan fingerprint density at radius 1 is 1.28 bits per heavy atom. The van der Waals surface area contributed by atoms with Gasteiger partial charge in [0, 0.05) is 0 Å². The molecule has 2 aromatic carbocycles. The molecule has 0 saturated carbocycles. The Bertz CT molecular complexity index is 840. The van der Waals surface area contributed by atoms with Crippen molar-refractivity contribution >= 4 is 40.7 Å². The summed E-state index contributed by atoms with van der Waals surface area (Å²) in [6, 6.07) is 11.8. The molecular formula is C17H13ClFN3O2S. The molecule has 0 radical (unpaired) electrons. The number of halogens is 2. The molecule has 0 atom stereocenters. The average molecular weight is 378 g/mol. The van der Waals surface area contributed by atoms with Crippen molar-refractivity contribution in [2.75, 3.05) is 5.75 Å². The van der Waals surface area contributed by atoms with Crippen molar-refractivity contribution in [3.63, 3.8) is 0 Å². The first kappa shape index (κ1) is 17.4. The van der Waals surface area contributed by atoms with Gasteiger partial charge in [-0.3, -0.25) is 4.79 Å². The van der Waals surface area contributed by atoms with Gasteiger partial charge in [-0.05, 0) is 47.5 Å². The van der Waals surface area contributed by atoms with Crippen molar-refractivity contribution in [1.82, 2.24) is 5.32 Å². The summed E-state index contributed by atoms with van der Waals surface area (Å²) < 4.78 is 19.0. The molecule has 2 aromatic rings. The predicted octanol–water partition coefficient (Wildman–Crippen LogP) is 3.61. The normalized spacial score (nSPS) is 15.8. The Kier molecular flexibility index (Phi) is 5.67. The zero-order valence-corrected chi connectivity index (χ0v) is 14.5. The highest BCUT2D eigenvalue weighted by molar-refractivity contribution is 8.15. The Labute approximate surface area is 152 Å². The van der Waals surface area contributed by atoms with Crippen LogP contribution < -0.4 is 10.1 Å². The molecule has 8 heteroatoms. The van der Waals surface area contributed by atoms with Crippen molar-refractivity contribution < 1.29 is 13.9 Å². The van der Waals surface area contributed by atoms with E-state index in [-0.39, 0.29) is 17.5 Å². The van der Waals surface area contributed by atoms with Crippen molar-refractivity contribution in [2.45, 2.75) is 6.61 Å². The third-order valence-corrected chi connectivity index (χ3v) is 4.38. The average Bonchev–Trinajstić information content (AvgIpc) is 3.02. The Morgan fingerprint density at radius 2 is 2.08 bits per heavy atom. The SMILES string of the molecule is O=C1CSC(=NN=Cc2ccc(OCc3ccc(Cl)c(F)c3)cc2)N1. The van der Waals surface area contributed by atoms with Gasteiger partial charge in [-0.15, -0.1) is 5.10 Å². The van der Waals surface area contributed by atoms with Gasteiger partial charge in [0.15, 0.2) is 5.17 Å². The Morgan fingerprint density at radius 3 is 2.76 bits per heavy atom. The van der Waals surface area contributed by atoms with Gasteiger partial charge in [-0.2, -0.15) is 5.10 Å². The molecule has 1 saturated heterocycles. The summed E-state index contributed by atoms with van der Waals surface area (Å²) in [5.74, 6) is 0.490. The molecular weight excluding hydrogens is 365 g/mol. The van der Waals surface area contributed by atoms with Gasteiger partial charge in [-0.1, -0.05) is 29.4 Å². The lowest BCUT2D eigenvalue weighted by Crippen LogP contribution is -2.19. The van der Waals surface area contributed by atoms with E-state index in [0.717, 1.165) is 5.56 Å². The van der Waals surface area contributed by atoms with E-state index >= 15 is 0 Å². The highest BCUT2D eigenvalue weighted by atomic mass is 35.5. The number of benzene rings is 2.